The van der Waals surface area contributed by atoms with E-state index in [4.69, 9.17) is 15.2 Å². The van der Waals surface area contributed by atoms with Gasteiger partial charge in [0.2, 0.25) is 0 Å². The maximum atomic E-state index is 12.2. The lowest BCUT2D eigenvalue weighted by atomic mass is 10.0. The monoisotopic (exact) mass is 297 g/mol. The summed E-state index contributed by atoms with van der Waals surface area (Å²) in [5.74, 6) is 1.01. The van der Waals surface area contributed by atoms with Crippen LogP contribution in [-0.2, 0) is 0 Å². The Bertz CT molecular complexity index is 426. The molecule has 1 aromatic rings. The molecular weight excluding hydrogens is 283 g/mol. The largest absolute Gasteiger partial charge is 0.486 e. The second-order valence-corrected chi connectivity index (χ2v) is 4.13. The fourth-order valence-corrected chi connectivity index (χ4v) is 1.86. The van der Waals surface area contributed by atoms with Gasteiger partial charge in [-0.1, -0.05) is 12.1 Å². The molecule has 0 bridgehead atoms. The zero-order chi connectivity index (χ0) is 13.2. The number of nitrogens with two attached hydrogens (primary N) is 1. The number of rotatable bonds is 3. The summed E-state index contributed by atoms with van der Waals surface area (Å²) < 4.78 is 47.3. The summed E-state index contributed by atoms with van der Waals surface area (Å²) in [5, 5.41) is 0. The Morgan fingerprint density at radius 1 is 1.21 bits per heavy atom. The molecule has 0 amide bonds. The Morgan fingerprint density at radius 2 is 1.89 bits per heavy atom. The minimum Gasteiger partial charge on any atom is -0.486 e. The summed E-state index contributed by atoms with van der Waals surface area (Å²) in [7, 11) is 0. The molecule has 1 aliphatic rings. The predicted molar refractivity (Wildman–Crippen MR) is 66.9 cm³/mol. The highest BCUT2D eigenvalue weighted by molar-refractivity contribution is 5.85. The molecular formula is C12H15ClF3NO2. The van der Waals surface area contributed by atoms with Gasteiger partial charge < -0.3 is 15.2 Å². The molecule has 2 rings (SSSR count). The van der Waals surface area contributed by atoms with Gasteiger partial charge in [-0.2, -0.15) is 13.2 Å². The zero-order valence-corrected chi connectivity index (χ0v) is 10.9. The van der Waals surface area contributed by atoms with Crippen molar-refractivity contribution in [1.82, 2.24) is 0 Å². The number of alkyl halides is 3. The van der Waals surface area contributed by atoms with Crippen molar-refractivity contribution in [3.63, 3.8) is 0 Å². The summed E-state index contributed by atoms with van der Waals surface area (Å²) in [5.41, 5.74) is 6.36. The van der Waals surface area contributed by atoms with Crippen LogP contribution in [-0.4, -0.2) is 19.4 Å². The second kappa shape index (κ2) is 6.34. The lowest BCUT2D eigenvalue weighted by Gasteiger charge is -2.23. The summed E-state index contributed by atoms with van der Waals surface area (Å²) in [6.45, 7) is 0.824. The highest BCUT2D eigenvalue weighted by Gasteiger charge is 2.29. The Labute approximate surface area is 115 Å². The molecule has 0 saturated heterocycles. The average molecular weight is 298 g/mol. The molecule has 19 heavy (non-hydrogen) atoms. The number of para-hydroxylation sites is 1. The lowest BCUT2D eigenvalue weighted by molar-refractivity contribution is -0.136. The van der Waals surface area contributed by atoms with E-state index in [1.54, 1.807) is 18.2 Å². The molecule has 1 atom stereocenters. The third-order valence-corrected chi connectivity index (χ3v) is 2.73. The van der Waals surface area contributed by atoms with E-state index in [-0.39, 0.29) is 18.8 Å². The number of fused-ring (bicyclic) bond motifs is 1. The van der Waals surface area contributed by atoms with E-state index in [9.17, 15) is 13.2 Å². The normalized spacial score (nSPS) is 15.6. The molecule has 1 aromatic carbocycles. The van der Waals surface area contributed by atoms with Crippen LogP contribution in [0.5, 0.6) is 11.5 Å². The number of hydrogen-bond donors (Lipinski definition) is 1. The van der Waals surface area contributed by atoms with E-state index in [1.165, 1.54) is 0 Å². The van der Waals surface area contributed by atoms with Crippen LogP contribution in [0, 0.1) is 0 Å². The first-order valence-electron chi connectivity index (χ1n) is 5.68. The smallest absolute Gasteiger partial charge is 0.389 e. The van der Waals surface area contributed by atoms with Gasteiger partial charge in [0.1, 0.15) is 13.2 Å². The number of ether oxygens (including phenoxy) is 2. The maximum absolute atomic E-state index is 12.2. The van der Waals surface area contributed by atoms with E-state index < -0.39 is 18.6 Å². The van der Waals surface area contributed by atoms with Gasteiger partial charge in [-0.15, -0.1) is 12.4 Å². The van der Waals surface area contributed by atoms with Crippen LogP contribution >= 0.6 is 12.4 Å². The summed E-state index contributed by atoms with van der Waals surface area (Å²) in [6, 6.07) is 4.39. The third kappa shape index (κ3) is 4.18. The molecule has 1 heterocycles. The van der Waals surface area contributed by atoms with E-state index >= 15 is 0 Å². The second-order valence-electron chi connectivity index (χ2n) is 4.13. The van der Waals surface area contributed by atoms with Gasteiger partial charge in [-0.05, 0) is 12.5 Å². The van der Waals surface area contributed by atoms with E-state index in [2.05, 4.69) is 0 Å². The molecule has 0 fully saturated rings. The van der Waals surface area contributed by atoms with Crippen molar-refractivity contribution < 1.29 is 22.6 Å². The van der Waals surface area contributed by atoms with Crippen molar-refractivity contribution >= 4 is 12.4 Å². The van der Waals surface area contributed by atoms with Gasteiger partial charge >= 0.3 is 6.18 Å². The van der Waals surface area contributed by atoms with E-state index in [0.717, 1.165) is 0 Å². The van der Waals surface area contributed by atoms with Crippen molar-refractivity contribution in [1.29, 1.82) is 0 Å². The Balaban J connectivity index is 0.00000180. The summed E-state index contributed by atoms with van der Waals surface area (Å²) in [6.07, 6.45) is -5.26. The molecule has 0 saturated carbocycles. The highest BCUT2D eigenvalue weighted by Crippen LogP contribution is 2.38. The predicted octanol–water partition coefficient (Wildman–Crippen LogP) is 3.22. The number of halogens is 4. The number of benzene rings is 1. The quantitative estimate of drug-likeness (QED) is 0.931. The lowest BCUT2D eigenvalue weighted by Crippen LogP contribution is -2.20. The van der Waals surface area contributed by atoms with Crippen LogP contribution in [0.25, 0.3) is 0 Å². The summed E-state index contributed by atoms with van der Waals surface area (Å²) >= 11 is 0. The van der Waals surface area contributed by atoms with Crippen molar-refractivity contribution in [2.45, 2.75) is 25.1 Å². The first kappa shape index (κ1) is 15.9. The zero-order valence-electron chi connectivity index (χ0n) is 10.1. The maximum Gasteiger partial charge on any atom is 0.389 e. The van der Waals surface area contributed by atoms with Crippen LogP contribution in [0.15, 0.2) is 18.2 Å². The number of hydrogen-bond acceptors (Lipinski definition) is 3. The Hall–Kier alpha value is -1.14. The Morgan fingerprint density at radius 3 is 2.58 bits per heavy atom. The van der Waals surface area contributed by atoms with Gasteiger partial charge in [-0.25, -0.2) is 0 Å². The van der Waals surface area contributed by atoms with Gasteiger partial charge in [0.05, 0.1) is 0 Å². The van der Waals surface area contributed by atoms with Crippen molar-refractivity contribution in [2.75, 3.05) is 13.2 Å². The van der Waals surface area contributed by atoms with Crippen molar-refractivity contribution in [3.05, 3.63) is 23.8 Å². The molecule has 0 aliphatic carbocycles. The highest BCUT2D eigenvalue weighted by atomic mass is 35.5. The minimum atomic E-state index is -4.19. The van der Waals surface area contributed by atoms with Crippen LogP contribution in [0.1, 0.15) is 24.4 Å². The third-order valence-electron chi connectivity index (χ3n) is 2.73. The molecule has 3 nitrogen and oxygen atoms in total. The van der Waals surface area contributed by atoms with E-state index in [1.807, 2.05) is 0 Å². The topological polar surface area (TPSA) is 44.5 Å². The molecule has 7 heteroatoms. The Kier molecular flexibility index (Phi) is 5.31. The van der Waals surface area contributed by atoms with Crippen molar-refractivity contribution in [2.24, 2.45) is 5.73 Å². The fourth-order valence-electron chi connectivity index (χ4n) is 1.86. The van der Waals surface area contributed by atoms with E-state index in [0.29, 0.717) is 30.3 Å². The standard InChI is InChI=1S/C12H14F3NO2.ClH/c13-12(14,15)5-4-9(16)8-2-1-3-10-11(8)18-7-6-17-10;/h1-3,9H,4-7,16H2;1H/t9-;/m0./s1. The fraction of sp³-hybridized carbons (Fsp3) is 0.500. The first-order chi connectivity index (χ1) is 8.47. The van der Waals surface area contributed by atoms with Crippen molar-refractivity contribution in [3.8, 4) is 11.5 Å². The molecule has 0 spiro atoms. The van der Waals surface area contributed by atoms with Crippen LogP contribution < -0.4 is 15.2 Å². The molecule has 0 unspecified atom stereocenters. The average Bonchev–Trinajstić information content (AvgIpc) is 2.34. The summed E-state index contributed by atoms with van der Waals surface area (Å²) in [4.78, 5) is 0. The van der Waals surface area contributed by atoms with Gasteiger partial charge in [0, 0.05) is 18.0 Å². The van der Waals surface area contributed by atoms with Gasteiger partial charge in [-0.3, -0.25) is 0 Å². The molecule has 108 valence electrons. The van der Waals surface area contributed by atoms with Gasteiger partial charge in [0.15, 0.2) is 11.5 Å². The molecule has 0 radical (unpaired) electrons. The van der Waals surface area contributed by atoms with Crippen LogP contribution in [0.3, 0.4) is 0 Å². The van der Waals surface area contributed by atoms with Gasteiger partial charge in [0.25, 0.3) is 0 Å². The first-order valence-corrected chi connectivity index (χ1v) is 5.68. The molecule has 1 aliphatic heterocycles. The van der Waals surface area contributed by atoms with Crippen LogP contribution in [0.2, 0.25) is 0 Å². The molecule has 0 aromatic heterocycles. The van der Waals surface area contributed by atoms with Crippen LogP contribution in [0.4, 0.5) is 13.2 Å². The molecule has 2 N–H and O–H groups in total. The minimum absolute atomic E-state index is 0. The SMILES string of the molecule is Cl.N[C@@H](CCC(F)(F)F)c1cccc2c1OCCO2.